The number of rotatable bonds is 6. The zero-order valence-electron chi connectivity index (χ0n) is 26.0. The summed E-state index contributed by atoms with van der Waals surface area (Å²) < 4.78 is 38.5. The van der Waals surface area contributed by atoms with Crippen molar-refractivity contribution in [3.05, 3.63) is 0 Å². The molecule has 2 bridgehead atoms. The summed E-state index contributed by atoms with van der Waals surface area (Å²) in [4.78, 5) is 14.0. The van der Waals surface area contributed by atoms with Gasteiger partial charge in [0.1, 0.15) is 17.3 Å². The highest BCUT2D eigenvalue weighted by molar-refractivity contribution is 6.74. The van der Waals surface area contributed by atoms with Crippen LogP contribution >= 0.6 is 0 Å². The molecule has 0 aromatic rings. The molecular weight excluding hydrogens is 504 g/mol. The lowest BCUT2D eigenvalue weighted by molar-refractivity contribution is -0.200. The third-order valence-electron chi connectivity index (χ3n) is 9.99. The van der Waals surface area contributed by atoms with Gasteiger partial charge in [0, 0.05) is 11.8 Å². The molecule has 0 unspecified atom stereocenters. The molecule has 4 saturated heterocycles. The Morgan fingerprint density at radius 2 is 1.53 bits per heavy atom. The van der Waals surface area contributed by atoms with Crippen LogP contribution in [-0.2, 0) is 32.9 Å². The molecule has 1 N–H and O–H groups in total. The van der Waals surface area contributed by atoms with Crippen molar-refractivity contribution in [1.82, 2.24) is 0 Å². The summed E-state index contributed by atoms with van der Waals surface area (Å²) in [5, 5.41) is 11.8. The molecule has 0 radical (unpaired) electrons. The SMILES string of the molecule is C[C@@H]([C@H](O)[C@@H]1C(=O)[C@]2(C)O[C@H]1[C@H](C)[C@H]2O[Si](C)(C)C(C)(C)C)[C@H]1OC(C)(C)O[C@@]1(C)[C@H]1OC(C)(C)O[C@H]1C. The van der Waals surface area contributed by atoms with Crippen LogP contribution in [0.5, 0.6) is 0 Å². The van der Waals surface area contributed by atoms with Gasteiger partial charge in [0.2, 0.25) is 0 Å². The Labute approximate surface area is 230 Å². The van der Waals surface area contributed by atoms with Gasteiger partial charge < -0.3 is 33.2 Å². The van der Waals surface area contributed by atoms with Gasteiger partial charge >= 0.3 is 0 Å². The second-order valence-electron chi connectivity index (χ2n) is 15.1. The van der Waals surface area contributed by atoms with Gasteiger partial charge in [0.25, 0.3) is 0 Å². The largest absolute Gasteiger partial charge is 0.410 e. The first-order valence-electron chi connectivity index (χ1n) is 14.3. The topological polar surface area (TPSA) is 92.7 Å². The number of carbonyl (C=O) groups excluding carboxylic acids is 1. The van der Waals surface area contributed by atoms with E-state index in [2.05, 4.69) is 40.8 Å². The summed E-state index contributed by atoms with van der Waals surface area (Å²) >= 11 is 0. The number of fused-ring (bicyclic) bond motifs is 2. The van der Waals surface area contributed by atoms with Crippen LogP contribution in [0.15, 0.2) is 0 Å². The van der Waals surface area contributed by atoms with E-state index in [0.29, 0.717) is 0 Å². The fourth-order valence-electron chi connectivity index (χ4n) is 7.18. The van der Waals surface area contributed by atoms with E-state index in [9.17, 15) is 9.90 Å². The molecule has 0 amide bonds. The molecule has 0 spiro atoms. The lowest BCUT2D eigenvalue weighted by atomic mass is 9.68. The summed E-state index contributed by atoms with van der Waals surface area (Å²) in [6.45, 7) is 28.3. The minimum Gasteiger partial charge on any atom is -0.410 e. The fraction of sp³-hybridized carbons (Fsp3) is 0.966. The fourth-order valence-corrected chi connectivity index (χ4v) is 8.61. The van der Waals surface area contributed by atoms with Crippen LogP contribution in [0.25, 0.3) is 0 Å². The van der Waals surface area contributed by atoms with Crippen molar-refractivity contribution in [2.75, 3.05) is 0 Å². The average molecular weight is 557 g/mol. The Morgan fingerprint density at radius 1 is 0.947 bits per heavy atom. The third kappa shape index (κ3) is 4.67. The first-order valence-corrected chi connectivity index (χ1v) is 17.2. The second kappa shape index (κ2) is 9.05. The van der Waals surface area contributed by atoms with Crippen molar-refractivity contribution >= 4 is 14.1 Å². The van der Waals surface area contributed by atoms with E-state index in [1.807, 2.05) is 55.4 Å². The number of Topliss-reactive ketones (excluding diaryl/α,β-unsaturated/α-hetero) is 1. The minimum atomic E-state index is -2.14. The second-order valence-corrected chi connectivity index (χ2v) is 19.8. The van der Waals surface area contributed by atoms with Crippen LogP contribution in [0.1, 0.15) is 83.1 Å². The standard InChI is InChI=1S/C29H52O8Si/c1-15(22-29(12,37-27(9,10)34-22)24-17(3)32-26(7,8)35-24)19(30)18-20-16(2)23(28(11,33-20)21(18)31)36-38(13,14)25(4,5)6/h15-20,22-24,30H,1-14H3/t15-,16-,17-,18-,19-,20-,22+,23+,24-,28-,29+/m0/s1. The molecule has 38 heavy (non-hydrogen) atoms. The number of ketones is 1. The first-order chi connectivity index (χ1) is 17.0. The summed E-state index contributed by atoms with van der Waals surface area (Å²) in [6, 6.07) is 0. The molecule has 4 fully saturated rings. The van der Waals surface area contributed by atoms with E-state index in [4.69, 9.17) is 28.1 Å². The maximum absolute atomic E-state index is 14.0. The molecule has 9 heteroatoms. The van der Waals surface area contributed by atoms with Crippen molar-refractivity contribution in [3.63, 3.8) is 0 Å². The van der Waals surface area contributed by atoms with Crippen molar-refractivity contribution in [2.24, 2.45) is 17.8 Å². The third-order valence-corrected chi connectivity index (χ3v) is 14.4. The van der Waals surface area contributed by atoms with Crippen molar-refractivity contribution in [3.8, 4) is 0 Å². The Hall–Kier alpha value is -0.393. The Morgan fingerprint density at radius 3 is 2.03 bits per heavy atom. The normalized spacial score (nSPS) is 46.1. The van der Waals surface area contributed by atoms with Crippen molar-refractivity contribution in [2.45, 2.75) is 161 Å². The average Bonchev–Trinajstić information content (AvgIpc) is 3.36. The van der Waals surface area contributed by atoms with Crippen molar-refractivity contribution < 1.29 is 38.0 Å². The zero-order valence-corrected chi connectivity index (χ0v) is 27.0. The van der Waals surface area contributed by atoms with Gasteiger partial charge in [-0.25, -0.2) is 0 Å². The number of carbonyl (C=O) groups is 1. The quantitative estimate of drug-likeness (QED) is 0.466. The van der Waals surface area contributed by atoms with Gasteiger partial charge in [0.15, 0.2) is 25.7 Å². The maximum atomic E-state index is 14.0. The molecule has 8 nitrogen and oxygen atoms in total. The van der Waals surface area contributed by atoms with Gasteiger partial charge in [-0.05, 0) is 66.6 Å². The molecule has 0 aliphatic carbocycles. The highest BCUT2D eigenvalue weighted by Crippen LogP contribution is 2.55. The van der Waals surface area contributed by atoms with Gasteiger partial charge in [-0.3, -0.25) is 4.79 Å². The predicted octanol–water partition coefficient (Wildman–Crippen LogP) is 4.82. The summed E-state index contributed by atoms with van der Waals surface area (Å²) in [7, 11) is -2.14. The summed E-state index contributed by atoms with van der Waals surface area (Å²) in [6.07, 6.45) is -2.93. The van der Waals surface area contributed by atoms with E-state index in [0.717, 1.165) is 0 Å². The summed E-state index contributed by atoms with van der Waals surface area (Å²) in [5.41, 5.74) is -1.98. The molecule has 0 aromatic heterocycles. The molecule has 4 aliphatic rings. The van der Waals surface area contributed by atoms with Gasteiger partial charge in [-0.1, -0.05) is 34.6 Å². The van der Waals surface area contributed by atoms with E-state index in [1.54, 1.807) is 0 Å². The van der Waals surface area contributed by atoms with Gasteiger partial charge in [-0.15, -0.1) is 0 Å². The smallest absolute Gasteiger partial charge is 0.192 e. The lowest BCUT2D eigenvalue weighted by Crippen LogP contribution is -2.60. The molecule has 0 saturated carbocycles. The molecule has 4 heterocycles. The molecule has 220 valence electrons. The van der Waals surface area contributed by atoms with E-state index >= 15 is 0 Å². The lowest BCUT2D eigenvalue weighted by Gasteiger charge is -2.45. The van der Waals surface area contributed by atoms with E-state index in [1.165, 1.54) is 0 Å². The number of hydrogen-bond acceptors (Lipinski definition) is 8. The van der Waals surface area contributed by atoms with E-state index < -0.39 is 67.3 Å². The highest BCUT2D eigenvalue weighted by Gasteiger charge is 2.70. The van der Waals surface area contributed by atoms with Gasteiger partial charge in [-0.2, -0.15) is 0 Å². The maximum Gasteiger partial charge on any atom is 0.192 e. The molecule has 11 atom stereocenters. The van der Waals surface area contributed by atoms with Crippen LogP contribution in [0.4, 0.5) is 0 Å². The Bertz CT molecular complexity index is 943. The molecule has 4 aliphatic heterocycles. The van der Waals surface area contributed by atoms with Crippen LogP contribution < -0.4 is 0 Å². The highest BCUT2D eigenvalue weighted by atomic mass is 28.4. The summed E-state index contributed by atoms with van der Waals surface area (Å²) in [5.74, 6) is -2.87. The first kappa shape index (κ1) is 30.6. The van der Waals surface area contributed by atoms with Gasteiger partial charge in [0.05, 0.1) is 36.4 Å². The minimum absolute atomic E-state index is 0.0101. The number of aliphatic hydroxyl groups is 1. The Kier molecular flexibility index (Phi) is 7.28. The van der Waals surface area contributed by atoms with E-state index in [-0.39, 0.29) is 28.9 Å². The monoisotopic (exact) mass is 556 g/mol. The van der Waals surface area contributed by atoms with Crippen LogP contribution in [-0.4, -0.2) is 78.6 Å². The number of aliphatic hydroxyl groups excluding tert-OH is 1. The molecular formula is C29H52O8Si. The number of ether oxygens (including phenoxy) is 5. The molecule has 4 rings (SSSR count). The van der Waals surface area contributed by atoms with Crippen LogP contribution in [0.2, 0.25) is 18.1 Å². The zero-order chi connectivity index (χ0) is 29.0. The Balaban J connectivity index is 1.59. The predicted molar refractivity (Wildman–Crippen MR) is 146 cm³/mol. The van der Waals surface area contributed by atoms with Crippen LogP contribution in [0.3, 0.4) is 0 Å². The molecule has 0 aromatic carbocycles. The number of hydrogen-bond donors (Lipinski definition) is 1. The van der Waals surface area contributed by atoms with Crippen LogP contribution in [0, 0.1) is 17.8 Å². The van der Waals surface area contributed by atoms with Crippen molar-refractivity contribution in [1.29, 1.82) is 0 Å².